The first kappa shape index (κ1) is 18.3. The van der Waals surface area contributed by atoms with Crippen LogP contribution in [0.1, 0.15) is 21.1 Å². The minimum atomic E-state index is -0.296. The van der Waals surface area contributed by atoms with E-state index in [0.29, 0.717) is 28.0 Å². The van der Waals surface area contributed by atoms with Crippen molar-refractivity contribution in [3.05, 3.63) is 82.0 Å². The lowest BCUT2D eigenvalue weighted by Gasteiger charge is -2.00. The van der Waals surface area contributed by atoms with Crippen molar-refractivity contribution < 1.29 is 4.79 Å². The highest BCUT2D eigenvalue weighted by molar-refractivity contribution is 7.15. The molecule has 2 aromatic carbocycles. The number of benzene rings is 2. The van der Waals surface area contributed by atoms with Crippen LogP contribution in [-0.4, -0.2) is 25.9 Å². The summed E-state index contributed by atoms with van der Waals surface area (Å²) in [6.45, 7) is 0. The number of aryl methyl sites for hydroxylation is 1. The molecular formula is C20H16ClN5OS. The molecule has 0 radical (unpaired) electrons. The highest BCUT2D eigenvalue weighted by Gasteiger charge is 2.17. The lowest BCUT2D eigenvalue weighted by atomic mass is 10.1. The summed E-state index contributed by atoms with van der Waals surface area (Å²) in [5, 5.41) is 17.3. The van der Waals surface area contributed by atoms with Gasteiger partial charge in [0.15, 0.2) is 0 Å². The van der Waals surface area contributed by atoms with Crippen molar-refractivity contribution in [3.63, 3.8) is 0 Å². The molecule has 6 nitrogen and oxygen atoms in total. The number of halogens is 1. The zero-order valence-corrected chi connectivity index (χ0v) is 16.5. The predicted octanol–water partition coefficient (Wildman–Crippen LogP) is 4.44. The lowest BCUT2D eigenvalue weighted by Crippen LogP contribution is -2.15. The number of anilines is 1. The van der Waals surface area contributed by atoms with Crippen LogP contribution >= 0.6 is 22.9 Å². The van der Waals surface area contributed by atoms with Gasteiger partial charge >= 0.3 is 0 Å². The van der Waals surface area contributed by atoms with Crippen molar-refractivity contribution in [2.24, 2.45) is 7.05 Å². The third-order valence-electron chi connectivity index (χ3n) is 4.15. The highest BCUT2D eigenvalue weighted by Crippen LogP contribution is 2.27. The Hall–Kier alpha value is -3.03. The zero-order valence-electron chi connectivity index (χ0n) is 15.0. The van der Waals surface area contributed by atoms with Crippen LogP contribution < -0.4 is 5.32 Å². The van der Waals surface area contributed by atoms with Gasteiger partial charge in [0.25, 0.3) is 5.91 Å². The maximum Gasteiger partial charge on any atom is 0.275 e. The second-order valence-corrected chi connectivity index (χ2v) is 7.60. The van der Waals surface area contributed by atoms with E-state index in [-0.39, 0.29) is 5.91 Å². The minimum Gasteiger partial charge on any atom is -0.295 e. The summed E-state index contributed by atoms with van der Waals surface area (Å²) in [6, 6.07) is 19.1. The molecule has 0 fully saturated rings. The normalized spacial score (nSPS) is 10.8. The van der Waals surface area contributed by atoms with Gasteiger partial charge in [0, 0.05) is 19.0 Å². The Bertz CT molecular complexity index is 1120. The standard InChI is InChI=1S/C20H16ClN5OS/c1-26-17(12-16(25-26)14-9-5-6-10-15(14)21)19(27)22-20-24-23-18(28-20)11-13-7-3-2-4-8-13/h2-10,12H,11H2,1H3,(H,22,24,27). The highest BCUT2D eigenvalue weighted by atomic mass is 35.5. The molecule has 0 atom stereocenters. The average Bonchev–Trinajstić information content (AvgIpc) is 3.29. The number of nitrogens with one attached hydrogen (secondary N) is 1. The van der Waals surface area contributed by atoms with Gasteiger partial charge in [-0.3, -0.25) is 14.8 Å². The molecule has 140 valence electrons. The van der Waals surface area contributed by atoms with E-state index in [1.165, 1.54) is 16.0 Å². The van der Waals surface area contributed by atoms with Crippen molar-refractivity contribution in [1.29, 1.82) is 0 Å². The van der Waals surface area contributed by atoms with Crippen molar-refractivity contribution in [2.45, 2.75) is 6.42 Å². The number of nitrogens with zero attached hydrogens (tertiary/aromatic N) is 4. The van der Waals surface area contributed by atoms with Crippen molar-refractivity contribution >= 4 is 34.0 Å². The molecule has 0 spiro atoms. The molecule has 8 heteroatoms. The third-order valence-corrected chi connectivity index (χ3v) is 5.32. The Morgan fingerprint density at radius 2 is 1.86 bits per heavy atom. The summed E-state index contributed by atoms with van der Waals surface area (Å²) in [4.78, 5) is 12.7. The second-order valence-electron chi connectivity index (χ2n) is 6.14. The quantitative estimate of drug-likeness (QED) is 0.529. The van der Waals surface area contributed by atoms with Gasteiger partial charge in [-0.25, -0.2) is 0 Å². The molecule has 0 bridgehead atoms. The number of hydrogen-bond donors (Lipinski definition) is 1. The van der Waals surface area contributed by atoms with Crippen molar-refractivity contribution in [3.8, 4) is 11.3 Å². The number of rotatable bonds is 5. The van der Waals surface area contributed by atoms with Crippen LogP contribution in [0.2, 0.25) is 5.02 Å². The van der Waals surface area contributed by atoms with Crippen LogP contribution in [-0.2, 0) is 13.5 Å². The summed E-state index contributed by atoms with van der Waals surface area (Å²) < 4.78 is 1.53. The molecule has 0 unspecified atom stereocenters. The monoisotopic (exact) mass is 409 g/mol. The third kappa shape index (κ3) is 3.95. The molecule has 4 aromatic rings. The van der Waals surface area contributed by atoms with Gasteiger partial charge in [-0.15, -0.1) is 10.2 Å². The maximum atomic E-state index is 12.7. The van der Waals surface area contributed by atoms with E-state index in [1.54, 1.807) is 19.2 Å². The van der Waals surface area contributed by atoms with Gasteiger partial charge in [0.2, 0.25) is 5.13 Å². The molecule has 28 heavy (non-hydrogen) atoms. The number of amides is 1. The smallest absolute Gasteiger partial charge is 0.275 e. The van der Waals surface area contributed by atoms with Gasteiger partial charge < -0.3 is 0 Å². The van der Waals surface area contributed by atoms with Gasteiger partial charge in [-0.1, -0.05) is 71.5 Å². The Kier molecular flexibility index (Phi) is 5.18. The summed E-state index contributed by atoms with van der Waals surface area (Å²) in [6.07, 6.45) is 0.677. The fourth-order valence-corrected chi connectivity index (χ4v) is 3.79. The molecule has 1 amide bonds. The lowest BCUT2D eigenvalue weighted by molar-refractivity contribution is 0.101. The van der Waals surface area contributed by atoms with Gasteiger partial charge in [-0.05, 0) is 17.7 Å². The first-order valence-corrected chi connectivity index (χ1v) is 9.76. The fourth-order valence-electron chi connectivity index (χ4n) is 2.79. The molecule has 0 aliphatic carbocycles. The molecule has 0 aliphatic heterocycles. The van der Waals surface area contributed by atoms with Crippen LogP contribution in [0.4, 0.5) is 5.13 Å². The van der Waals surface area contributed by atoms with E-state index < -0.39 is 0 Å². The van der Waals surface area contributed by atoms with E-state index >= 15 is 0 Å². The fraction of sp³-hybridized carbons (Fsp3) is 0.100. The topological polar surface area (TPSA) is 72.7 Å². The Balaban J connectivity index is 1.49. The minimum absolute atomic E-state index is 0.296. The molecule has 1 N–H and O–H groups in total. The largest absolute Gasteiger partial charge is 0.295 e. The van der Waals surface area contributed by atoms with Crippen molar-refractivity contribution in [1.82, 2.24) is 20.0 Å². The first-order valence-electron chi connectivity index (χ1n) is 8.57. The number of carbonyl (C=O) groups is 1. The maximum absolute atomic E-state index is 12.7. The molecule has 0 saturated carbocycles. The van der Waals surface area contributed by atoms with Crippen LogP contribution in [0.25, 0.3) is 11.3 Å². The molecule has 2 aromatic heterocycles. The van der Waals surface area contributed by atoms with Crippen LogP contribution in [0, 0.1) is 0 Å². The Morgan fingerprint density at radius 1 is 1.11 bits per heavy atom. The van der Waals surface area contributed by atoms with E-state index in [0.717, 1.165) is 16.1 Å². The molecule has 0 saturated heterocycles. The van der Waals surface area contributed by atoms with E-state index in [4.69, 9.17) is 11.6 Å². The van der Waals surface area contributed by atoms with Gasteiger partial charge in [0.05, 0.1) is 10.7 Å². The number of carbonyl (C=O) groups excluding carboxylic acids is 1. The average molecular weight is 410 g/mol. The van der Waals surface area contributed by atoms with Crippen molar-refractivity contribution in [2.75, 3.05) is 5.32 Å². The van der Waals surface area contributed by atoms with Crippen LogP contribution in [0.5, 0.6) is 0 Å². The SMILES string of the molecule is Cn1nc(-c2ccccc2Cl)cc1C(=O)Nc1nnc(Cc2ccccc2)s1. The number of aromatic nitrogens is 4. The molecule has 2 heterocycles. The molecule has 0 aliphatic rings. The Labute approximate surface area is 170 Å². The summed E-state index contributed by atoms with van der Waals surface area (Å²) in [7, 11) is 1.72. The van der Waals surface area contributed by atoms with E-state index in [2.05, 4.69) is 20.6 Å². The van der Waals surface area contributed by atoms with E-state index in [9.17, 15) is 4.79 Å². The molecular weight excluding hydrogens is 394 g/mol. The predicted molar refractivity (Wildman–Crippen MR) is 111 cm³/mol. The van der Waals surface area contributed by atoms with Gasteiger partial charge in [-0.2, -0.15) is 5.10 Å². The zero-order chi connectivity index (χ0) is 19.5. The summed E-state index contributed by atoms with van der Waals surface area (Å²) in [5.74, 6) is -0.296. The van der Waals surface area contributed by atoms with Crippen LogP contribution in [0.15, 0.2) is 60.7 Å². The van der Waals surface area contributed by atoms with E-state index in [1.807, 2.05) is 48.5 Å². The van der Waals surface area contributed by atoms with Gasteiger partial charge in [0.1, 0.15) is 10.7 Å². The summed E-state index contributed by atoms with van der Waals surface area (Å²) in [5.41, 5.74) is 2.97. The summed E-state index contributed by atoms with van der Waals surface area (Å²) >= 11 is 7.59. The number of hydrogen-bond acceptors (Lipinski definition) is 5. The van der Waals surface area contributed by atoms with Crippen LogP contribution in [0.3, 0.4) is 0 Å². The molecule has 4 rings (SSSR count). The second kappa shape index (κ2) is 7.92. The first-order chi connectivity index (χ1) is 13.6. The Morgan fingerprint density at radius 3 is 2.64 bits per heavy atom.